The average molecular weight is 907 g/mol. The number of carbonyl (C=O) groups is 2. The molecular weight excluding hydrogens is 791 g/mol. The van der Waals surface area contributed by atoms with Crippen molar-refractivity contribution in [3.63, 3.8) is 0 Å². The molecule has 3 atom stereocenters. The number of aliphatic hydroxyl groups excluding tert-OH is 2. The molecule has 382 valence electrons. The molecule has 0 aromatic rings. The van der Waals surface area contributed by atoms with Crippen LogP contribution in [0.1, 0.15) is 335 Å². The van der Waals surface area contributed by atoms with Crippen molar-refractivity contribution in [1.82, 2.24) is 5.32 Å². The molecule has 0 fully saturated rings. The molecule has 0 radical (unpaired) electrons. The predicted octanol–water partition coefficient (Wildman–Crippen LogP) is 17.9. The zero-order valence-corrected chi connectivity index (χ0v) is 43.7. The fourth-order valence-corrected chi connectivity index (χ4v) is 9.49. The average Bonchev–Trinajstić information content (AvgIpc) is 3.29. The summed E-state index contributed by atoms with van der Waals surface area (Å²) in [7, 11) is 0. The van der Waals surface area contributed by atoms with E-state index in [-0.39, 0.29) is 24.9 Å². The molecule has 3 N–H and O–H groups in total. The van der Waals surface area contributed by atoms with Crippen molar-refractivity contribution < 1.29 is 24.5 Å². The van der Waals surface area contributed by atoms with E-state index in [1.165, 1.54) is 250 Å². The van der Waals surface area contributed by atoms with E-state index in [1.807, 2.05) is 0 Å². The molecule has 1 amide bonds. The Morgan fingerprint density at radius 1 is 0.391 bits per heavy atom. The summed E-state index contributed by atoms with van der Waals surface area (Å²) in [5, 5.41) is 23.9. The van der Waals surface area contributed by atoms with E-state index in [4.69, 9.17) is 4.74 Å². The molecule has 0 aromatic heterocycles. The Bertz CT molecular complexity index is 928. The minimum atomic E-state index is -0.780. The molecule has 0 saturated heterocycles. The summed E-state index contributed by atoms with van der Waals surface area (Å²) in [6.07, 6.45) is 58.8. The van der Waals surface area contributed by atoms with Crippen molar-refractivity contribution in [2.24, 2.45) is 0 Å². The lowest BCUT2D eigenvalue weighted by atomic mass is 10.0. The topological polar surface area (TPSA) is 95.9 Å². The molecular formula is C58H115NO5. The van der Waals surface area contributed by atoms with Gasteiger partial charge in [0, 0.05) is 6.42 Å². The van der Waals surface area contributed by atoms with Crippen LogP contribution in [-0.2, 0) is 14.3 Å². The van der Waals surface area contributed by atoms with Crippen molar-refractivity contribution in [2.45, 2.75) is 354 Å². The number of amides is 1. The predicted molar refractivity (Wildman–Crippen MR) is 278 cm³/mol. The van der Waals surface area contributed by atoms with Crippen molar-refractivity contribution in [2.75, 3.05) is 6.61 Å². The van der Waals surface area contributed by atoms with Gasteiger partial charge in [-0.25, -0.2) is 0 Å². The highest BCUT2D eigenvalue weighted by atomic mass is 16.5. The Morgan fingerprint density at radius 3 is 0.953 bits per heavy atom. The van der Waals surface area contributed by atoms with Gasteiger partial charge in [-0.2, -0.15) is 0 Å². The third-order valence-electron chi connectivity index (χ3n) is 13.9. The van der Waals surface area contributed by atoms with Crippen LogP contribution in [0, 0.1) is 0 Å². The summed E-state index contributed by atoms with van der Waals surface area (Å²) < 4.78 is 5.97. The maximum Gasteiger partial charge on any atom is 0.306 e. The van der Waals surface area contributed by atoms with Crippen LogP contribution in [0.25, 0.3) is 0 Å². The first kappa shape index (κ1) is 62.9. The SMILES string of the molecule is CCCCCCCCCCCCCCCCCCC(=O)OC(CCCCCCCCCCCCCCCCC)CC(=O)NC(CO)C(O)CCCCCCCCCCCCCCCC. The van der Waals surface area contributed by atoms with Crippen LogP contribution in [0.2, 0.25) is 0 Å². The van der Waals surface area contributed by atoms with Gasteiger partial charge in [-0.15, -0.1) is 0 Å². The number of hydrogen-bond donors (Lipinski definition) is 3. The third-order valence-corrected chi connectivity index (χ3v) is 13.9. The normalized spacial score (nSPS) is 13.0. The van der Waals surface area contributed by atoms with Crippen molar-refractivity contribution in [1.29, 1.82) is 0 Å². The first-order chi connectivity index (χ1) is 31.5. The van der Waals surface area contributed by atoms with Gasteiger partial charge in [0.2, 0.25) is 5.91 Å². The Labute approximate surface area is 400 Å². The minimum absolute atomic E-state index is 0.0887. The largest absolute Gasteiger partial charge is 0.462 e. The number of unbranched alkanes of at least 4 members (excludes halogenated alkanes) is 42. The third kappa shape index (κ3) is 47.4. The number of esters is 1. The molecule has 0 heterocycles. The summed E-state index contributed by atoms with van der Waals surface area (Å²) in [4.78, 5) is 26.3. The number of carbonyl (C=O) groups excluding carboxylic acids is 2. The van der Waals surface area contributed by atoms with Gasteiger partial charge in [0.15, 0.2) is 0 Å². The molecule has 6 heteroatoms. The van der Waals surface area contributed by atoms with Crippen LogP contribution >= 0.6 is 0 Å². The zero-order valence-electron chi connectivity index (χ0n) is 43.7. The van der Waals surface area contributed by atoms with Gasteiger partial charge in [-0.3, -0.25) is 9.59 Å². The molecule has 6 nitrogen and oxygen atoms in total. The standard InChI is InChI=1S/C58H115NO5/c1-4-7-10-13-16-19-22-25-28-30-33-36-39-42-45-48-51-58(63)64-54(49-46-43-40-37-34-31-29-26-23-20-17-14-11-8-5-2)52-57(62)59-55(53-60)56(61)50-47-44-41-38-35-32-27-24-21-18-15-12-9-6-3/h54-56,60-61H,4-53H2,1-3H3,(H,59,62). The molecule has 3 unspecified atom stereocenters. The summed E-state index contributed by atoms with van der Waals surface area (Å²) >= 11 is 0. The van der Waals surface area contributed by atoms with E-state index in [0.29, 0.717) is 19.3 Å². The lowest BCUT2D eigenvalue weighted by Crippen LogP contribution is -2.46. The fourth-order valence-electron chi connectivity index (χ4n) is 9.49. The second-order valence-corrected chi connectivity index (χ2v) is 20.4. The quantitative estimate of drug-likeness (QED) is 0.0417. The van der Waals surface area contributed by atoms with Gasteiger partial charge in [0.25, 0.3) is 0 Å². The van der Waals surface area contributed by atoms with E-state index >= 15 is 0 Å². The van der Waals surface area contributed by atoms with Crippen LogP contribution < -0.4 is 5.32 Å². The molecule has 0 aliphatic heterocycles. The van der Waals surface area contributed by atoms with Crippen LogP contribution in [-0.4, -0.2) is 46.9 Å². The smallest absolute Gasteiger partial charge is 0.306 e. The van der Waals surface area contributed by atoms with Crippen molar-refractivity contribution in [3.8, 4) is 0 Å². The van der Waals surface area contributed by atoms with Gasteiger partial charge >= 0.3 is 5.97 Å². The summed E-state index contributed by atoms with van der Waals surface area (Å²) in [5.41, 5.74) is 0. The number of rotatable bonds is 54. The fraction of sp³-hybridized carbons (Fsp3) is 0.966. The Kier molecular flexibility index (Phi) is 51.9. The molecule has 0 aliphatic carbocycles. The molecule has 0 saturated carbocycles. The second-order valence-electron chi connectivity index (χ2n) is 20.4. The molecule has 0 spiro atoms. The monoisotopic (exact) mass is 906 g/mol. The summed E-state index contributed by atoms with van der Waals surface area (Å²) in [5.74, 6) is -0.444. The zero-order chi connectivity index (χ0) is 46.7. The Hall–Kier alpha value is -1.14. The molecule has 0 aromatic carbocycles. The number of aliphatic hydroxyl groups is 2. The highest BCUT2D eigenvalue weighted by Gasteiger charge is 2.24. The maximum atomic E-state index is 13.3. The number of hydrogen-bond acceptors (Lipinski definition) is 5. The van der Waals surface area contributed by atoms with Gasteiger partial charge in [0.05, 0.1) is 25.2 Å². The van der Waals surface area contributed by atoms with Crippen LogP contribution in [0.3, 0.4) is 0 Å². The molecule has 64 heavy (non-hydrogen) atoms. The Balaban J connectivity index is 4.48. The van der Waals surface area contributed by atoms with Crippen molar-refractivity contribution >= 4 is 11.9 Å². The lowest BCUT2D eigenvalue weighted by molar-refractivity contribution is -0.151. The van der Waals surface area contributed by atoms with Gasteiger partial charge in [-0.1, -0.05) is 297 Å². The van der Waals surface area contributed by atoms with Gasteiger partial charge in [-0.05, 0) is 25.7 Å². The van der Waals surface area contributed by atoms with Gasteiger partial charge in [0.1, 0.15) is 6.10 Å². The highest BCUT2D eigenvalue weighted by molar-refractivity contribution is 5.77. The van der Waals surface area contributed by atoms with E-state index in [0.717, 1.165) is 38.5 Å². The first-order valence-corrected chi connectivity index (χ1v) is 29.3. The van der Waals surface area contributed by atoms with Gasteiger partial charge < -0.3 is 20.3 Å². The summed E-state index contributed by atoms with van der Waals surface area (Å²) in [6.45, 7) is 6.54. The Morgan fingerprint density at radius 2 is 0.656 bits per heavy atom. The molecule has 0 rings (SSSR count). The maximum absolute atomic E-state index is 13.3. The minimum Gasteiger partial charge on any atom is -0.462 e. The number of nitrogens with one attached hydrogen (secondary N) is 1. The van der Waals surface area contributed by atoms with Crippen LogP contribution in [0.4, 0.5) is 0 Å². The first-order valence-electron chi connectivity index (χ1n) is 29.3. The molecule has 0 aliphatic rings. The van der Waals surface area contributed by atoms with E-state index in [1.54, 1.807) is 0 Å². The number of ether oxygens (including phenoxy) is 1. The lowest BCUT2D eigenvalue weighted by Gasteiger charge is -2.24. The summed E-state index contributed by atoms with van der Waals surface area (Å²) in [6, 6.07) is -0.693. The second kappa shape index (κ2) is 52.8. The molecule has 0 bridgehead atoms. The highest BCUT2D eigenvalue weighted by Crippen LogP contribution is 2.19. The van der Waals surface area contributed by atoms with E-state index < -0.39 is 18.2 Å². The van der Waals surface area contributed by atoms with Crippen LogP contribution in [0.5, 0.6) is 0 Å². The van der Waals surface area contributed by atoms with Crippen molar-refractivity contribution in [3.05, 3.63) is 0 Å². The van der Waals surface area contributed by atoms with E-state index in [2.05, 4.69) is 26.1 Å². The van der Waals surface area contributed by atoms with Crippen LogP contribution in [0.15, 0.2) is 0 Å². The van der Waals surface area contributed by atoms with E-state index in [9.17, 15) is 19.8 Å².